The number of nitrogen functional groups attached to an aromatic ring is 1. The summed E-state index contributed by atoms with van der Waals surface area (Å²) in [6.45, 7) is 0. The van der Waals surface area contributed by atoms with Gasteiger partial charge in [0.15, 0.2) is 0 Å². The summed E-state index contributed by atoms with van der Waals surface area (Å²) in [6, 6.07) is 4.49. The summed E-state index contributed by atoms with van der Waals surface area (Å²) < 4.78 is 0. The standard InChI is InChI=1S/C10H9NO3/c11-8-4-3-7(2-1-5-12)9(6-8)10(13)14/h1-6H,11H2,(H,13,14). The van der Waals surface area contributed by atoms with Gasteiger partial charge in [0, 0.05) is 5.69 Å². The van der Waals surface area contributed by atoms with Gasteiger partial charge >= 0.3 is 5.97 Å². The normalized spacial score (nSPS) is 10.3. The number of hydrogen-bond donors (Lipinski definition) is 2. The number of carboxylic acids is 1. The third-order valence-electron chi connectivity index (χ3n) is 1.66. The van der Waals surface area contributed by atoms with E-state index in [1.165, 1.54) is 18.2 Å². The molecule has 1 rings (SSSR count). The van der Waals surface area contributed by atoms with Gasteiger partial charge in [-0.2, -0.15) is 0 Å². The van der Waals surface area contributed by atoms with Crippen molar-refractivity contribution in [2.45, 2.75) is 0 Å². The van der Waals surface area contributed by atoms with E-state index in [1.807, 2.05) is 0 Å². The van der Waals surface area contributed by atoms with E-state index >= 15 is 0 Å². The molecule has 1 aromatic rings. The van der Waals surface area contributed by atoms with Gasteiger partial charge in [-0.3, -0.25) is 4.79 Å². The van der Waals surface area contributed by atoms with Gasteiger partial charge < -0.3 is 10.8 Å². The van der Waals surface area contributed by atoms with Crippen molar-refractivity contribution >= 4 is 24.0 Å². The molecule has 3 N–H and O–H groups in total. The molecule has 4 nitrogen and oxygen atoms in total. The lowest BCUT2D eigenvalue weighted by Crippen LogP contribution is -2.00. The highest BCUT2D eigenvalue weighted by molar-refractivity contribution is 5.94. The zero-order chi connectivity index (χ0) is 10.6. The largest absolute Gasteiger partial charge is 0.478 e. The predicted octanol–water partition coefficient (Wildman–Crippen LogP) is 1.18. The Morgan fingerprint density at radius 3 is 2.71 bits per heavy atom. The molecule has 0 saturated heterocycles. The molecule has 0 unspecified atom stereocenters. The first-order chi connectivity index (χ1) is 6.65. The SMILES string of the molecule is Nc1ccc(C=CC=O)c(C(=O)O)c1. The van der Waals surface area contributed by atoms with Crippen LogP contribution in [0.5, 0.6) is 0 Å². The van der Waals surface area contributed by atoms with Crippen molar-refractivity contribution < 1.29 is 14.7 Å². The number of carboxylic acid groups (broad SMARTS) is 1. The molecule has 0 atom stereocenters. The molecular weight excluding hydrogens is 182 g/mol. The van der Waals surface area contributed by atoms with Crippen LogP contribution in [0.25, 0.3) is 6.08 Å². The van der Waals surface area contributed by atoms with Gasteiger partial charge in [0.1, 0.15) is 6.29 Å². The fraction of sp³-hybridized carbons (Fsp3) is 0. The van der Waals surface area contributed by atoms with Gasteiger partial charge in [-0.05, 0) is 23.8 Å². The van der Waals surface area contributed by atoms with Crippen molar-refractivity contribution in [2.75, 3.05) is 5.73 Å². The second kappa shape index (κ2) is 4.23. The number of carbonyl (C=O) groups excluding carboxylic acids is 1. The lowest BCUT2D eigenvalue weighted by molar-refractivity contribution is -0.104. The summed E-state index contributed by atoms with van der Waals surface area (Å²) in [7, 11) is 0. The minimum absolute atomic E-state index is 0.0862. The summed E-state index contributed by atoms with van der Waals surface area (Å²) in [4.78, 5) is 20.8. The van der Waals surface area contributed by atoms with Crippen LogP contribution in [0.1, 0.15) is 15.9 Å². The van der Waals surface area contributed by atoms with Crippen molar-refractivity contribution in [1.29, 1.82) is 0 Å². The molecule has 0 aromatic heterocycles. The molecule has 0 fully saturated rings. The maximum atomic E-state index is 10.8. The molecular formula is C10H9NO3. The molecule has 0 spiro atoms. The van der Waals surface area contributed by atoms with Gasteiger partial charge in [-0.25, -0.2) is 4.79 Å². The maximum absolute atomic E-state index is 10.8. The quantitative estimate of drug-likeness (QED) is 0.427. The summed E-state index contributed by atoms with van der Waals surface area (Å²) in [5.74, 6) is -1.07. The van der Waals surface area contributed by atoms with E-state index in [9.17, 15) is 9.59 Å². The molecule has 0 saturated carbocycles. The van der Waals surface area contributed by atoms with Crippen LogP contribution in [0.15, 0.2) is 24.3 Å². The highest BCUT2D eigenvalue weighted by Gasteiger charge is 2.07. The third-order valence-corrected chi connectivity index (χ3v) is 1.66. The van der Waals surface area contributed by atoms with Crippen molar-refractivity contribution in [3.63, 3.8) is 0 Å². The maximum Gasteiger partial charge on any atom is 0.336 e. The third kappa shape index (κ3) is 2.20. The first kappa shape index (κ1) is 9.98. The summed E-state index contributed by atoms with van der Waals surface area (Å²) >= 11 is 0. The van der Waals surface area contributed by atoms with Crippen LogP contribution in [0.4, 0.5) is 5.69 Å². The lowest BCUT2D eigenvalue weighted by Gasteiger charge is -2.01. The molecule has 0 aliphatic carbocycles. The van der Waals surface area contributed by atoms with E-state index in [1.54, 1.807) is 12.1 Å². The number of hydrogen-bond acceptors (Lipinski definition) is 3. The Hall–Kier alpha value is -2.10. The molecule has 72 valence electrons. The Morgan fingerprint density at radius 1 is 1.43 bits per heavy atom. The highest BCUT2D eigenvalue weighted by Crippen LogP contribution is 2.14. The van der Waals surface area contributed by atoms with Gasteiger partial charge in [0.05, 0.1) is 5.56 Å². The van der Waals surface area contributed by atoms with E-state index in [0.29, 0.717) is 17.5 Å². The zero-order valence-corrected chi connectivity index (χ0v) is 7.31. The Balaban J connectivity index is 3.21. The molecule has 1 aromatic carbocycles. The zero-order valence-electron chi connectivity index (χ0n) is 7.31. The molecule has 0 heterocycles. The topological polar surface area (TPSA) is 80.4 Å². The van der Waals surface area contributed by atoms with Gasteiger partial charge in [-0.1, -0.05) is 12.1 Å². The average Bonchev–Trinajstić information content (AvgIpc) is 2.15. The summed E-state index contributed by atoms with van der Waals surface area (Å²) in [5, 5.41) is 8.81. The number of anilines is 1. The fourth-order valence-corrected chi connectivity index (χ4v) is 1.05. The molecule has 0 bridgehead atoms. The Labute approximate surface area is 80.7 Å². The van der Waals surface area contributed by atoms with E-state index in [2.05, 4.69) is 0 Å². The van der Waals surface area contributed by atoms with E-state index in [-0.39, 0.29) is 5.56 Å². The number of carbonyl (C=O) groups is 2. The predicted molar refractivity (Wildman–Crippen MR) is 52.9 cm³/mol. The van der Waals surface area contributed by atoms with Crippen LogP contribution in [-0.2, 0) is 4.79 Å². The Morgan fingerprint density at radius 2 is 2.14 bits per heavy atom. The minimum atomic E-state index is -1.07. The number of rotatable bonds is 3. The van der Waals surface area contributed by atoms with Crippen LogP contribution in [0, 0.1) is 0 Å². The highest BCUT2D eigenvalue weighted by atomic mass is 16.4. The number of benzene rings is 1. The first-order valence-corrected chi connectivity index (χ1v) is 3.90. The molecule has 0 radical (unpaired) electrons. The Kier molecular flexibility index (Phi) is 3.01. The fourth-order valence-electron chi connectivity index (χ4n) is 1.05. The number of allylic oxidation sites excluding steroid dienone is 1. The first-order valence-electron chi connectivity index (χ1n) is 3.90. The van der Waals surface area contributed by atoms with Crippen LogP contribution in [-0.4, -0.2) is 17.4 Å². The van der Waals surface area contributed by atoms with E-state index in [0.717, 1.165) is 0 Å². The van der Waals surface area contributed by atoms with Crippen LogP contribution < -0.4 is 5.73 Å². The Bertz CT molecular complexity index is 396. The van der Waals surface area contributed by atoms with Crippen molar-refractivity contribution in [3.05, 3.63) is 35.4 Å². The number of aromatic carboxylic acids is 1. The second-order valence-corrected chi connectivity index (χ2v) is 2.65. The van der Waals surface area contributed by atoms with Gasteiger partial charge in [0.2, 0.25) is 0 Å². The summed E-state index contributed by atoms with van der Waals surface area (Å²) in [6.07, 6.45) is 3.25. The molecule has 0 amide bonds. The van der Waals surface area contributed by atoms with Crippen LogP contribution in [0.3, 0.4) is 0 Å². The van der Waals surface area contributed by atoms with Crippen molar-refractivity contribution in [2.24, 2.45) is 0 Å². The molecule has 0 aliphatic heterocycles. The van der Waals surface area contributed by atoms with Crippen molar-refractivity contribution in [1.82, 2.24) is 0 Å². The molecule has 14 heavy (non-hydrogen) atoms. The second-order valence-electron chi connectivity index (χ2n) is 2.65. The van der Waals surface area contributed by atoms with Crippen LogP contribution in [0.2, 0.25) is 0 Å². The van der Waals surface area contributed by atoms with E-state index in [4.69, 9.17) is 10.8 Å². The molecule has 0 aliphatic rings. The minimum Gasteiger partial charge on any atom is -0.478 e. The number of aldehydes is 1. The average molecular weight is 191 g/mol. The smallest absolute Gasteiger partial charge is 0.336 e. The number of nitrogens with two attached hydrogens (primary N) is 1. The lowest BCUT2D eigenvalue weighted by atomic mass is 10.1. The summed E-state index contributed by atoms with van der Waals surface area (Å²) in [5.41, 5.74) is 6.36. The van der Waals surface area contributed by atoms with Gasteiger partial charge in [-0.15, -0.1) is 0 Å². The molecule has 4 heteroatoms. The van der Waals surface area contributed by atoms with Gasteiger partial charge in [0.25, 0.3) is 0 Å². The van der Waals surface area contributed by atoms with E-state index < -0.39 is 5.97 Å². The van der Waals surface area contributed by atoms with Crippen molar-refractivity contribution in [3.8, 4) is 0 Å². The van der Waals surface area contributed by atoms with Crippen LogP contribution >= 0.6 is 0 Å². The monoisotopic (exact) mass is 191 g/mol.